The van der Waals surface area contributed by atoms with Crippen molar-refractivity contribution in [3.63, 3.8) is 0 Å². The third-order valence-electron chi connectivity index (χ3n) is 17.2. The van der Waals surface area contributed by atoms with Crippen LogP contribution in [0.25, 0.3) is 67.5 Å². The Bertz CT molecular complexity index is 4620. The molecule has 92 heavy (non-hydrogen) atoms. The molecule has 0 aliphatic rings. The normalized spacial score (nSPS) is 11.6. The fourth-order valence-electron chi connectivity index (χ4n) is 11.2. The lowest BCUT2D eigenvalue weighted by atomic mass is 10.0. The average molecular weight is 1220 g/mol. The van der Waals surface area contributed by atoms with Gasteiger partial charge in [0.15, 0.2) is 36.7 Å². The zero-order chi connectivity index (χ0) is 71.8. The van der Waals surface area contributed by atoms with E-state index in [1.165, 1.54) is 101 Å². The van der Waals surface area contributed by atoms with E-state index in [0.717, 1.165) is 33.6 Å². The molecule has 0 N–H and O–H groups in total. The van der Waals surface area contributed by atoms with Crippen LogP contribution >= 0.6 is 0 Å². The van der Waals surface area contributed by atoms with Crippen LogP contribution in [0.5, 0.6) is 0 Å². The maximum absolute atomic E-state index is 7.55. The highest BCUT2D eigenvalue weighted by Crippen LogP contribution is 2.27. The first-order chi connectivity index (χ1) is 46.4. The van der Waals surface area contributed by atoms with E-state index in [0.29, 0.717) is 11.1 Å². The Hall–Kier alpha value is -9.78. The van der Waals surface area contributed by atoms with E-state index >= 15 is 0 Å². The lowest BCUT2D eigenvalue weighted by Crippen LogP contribution is -2.34. The fraction of sp³-hybridized carbons (Fsp3) is 0.233. The van der Waals surface area contributed by atoms with Gasteiger partial charge < -0.3 is 0 Å². The molecule has 468 valence electrons. The maximum Gasteiger partial charge on any atom is 0.212 e. The Kier molecular flexibility index (Phi) is 21.8. The van der Waals surface area contributed by atoms with Gasteiger partial charge in [0.05, 0.1) is 0 Å². The topological polar surface area (TPSA) is 23.3 Å². The first kappa shape index (κ1) is 61.1. The minimum atomic E-state index is -2.06. The molecule has 0 unspecified atom stereocenters. The lowest BCUT2D eigenvalue weighted by Gasteiger charge is -2.06. The molecule has 0 spiro atoms. The summed E-state index contributed by atoms with van der Waals surface area (Å²) >= 11 is 0. The predicted octanol–water partition coefficient (Wildman–Crippen LogP) is 17.4. The fourth-order valence-corrected chi connectivity index (χ4v) is 11.2. The van der Waals surface area contributed by atoms with Gasteiger partial charge in [-0.25, -0.2) is 22.8 Å². The molecular formula is C86H100N6+6. The van der Waals surface area contributed by atoms with E-state index in [9.17, 15) is 0 Å². The van der Waals surface area contributed by atoms with E-state index in [1.54, 1.807) is 18.3 Å². The highest BCUT2D eigenvalue weighted by Gasteiger charge is 2.18. The Morgan fingerprint density at radius 1 is 0.239 bits per heavy atom. The number of aromatic nitrogens is 6. The summed E-state index contributed by atoms with van der Waals surface area (Å²) in [6.45, 7) is 21.1. The smallest absolute Gasteiger partial charge is 0.201 e. The third-order valence-corrected chi connectivity index (χ3v) is 17.2. The van der Waals surface area contributed by atoms with Crippen LogP contribution in [0.1, 0.15) is 86.2 Å². The van der Waals surface area contributed by atoms with Gasteiger partial charge >= 0.3 is 0 Å². The second-order valence-electron chi connectivity index (χ2n) is 24.2. The standard InChI is InChI=1S/2C15H18N.4C14H16N/c1-11-8-9-12(2)14(10-11)15-7-5-6-13(3)16(15)4;1-11-7-5-6-8-14(11)15-9-12(2)13(3)10-16(15)4;2*1-11-7-6-8-13(12(11)2)14-9-4-5-10-15(14)3;2*1-11-7-8-13(12(2)10-11)14-6-4-5-9-15(14)3/h2*5-10H,1-4H3;4*4-10H,1-3H3/q6*+1/i;3D3;;;1D3;. The summed E-state index contributed by atoms with van der Waals surface area (Å²) in [5.74, 6) is 0. The number of nitrogens with zero attached hydrogens (tertiary/aromatic N) is 6. The zero-order valence-corrected chi connectivity index (χ0v) is 57.8. The van der Waals surface area contributed by atoms with Crippen molar-refractivity contribution < 1.29 is 35.6 Å². The van der Waals surface area contributed by atoms with E-state index in [-0.39, 0.29) is 0 Å². The summed E-state index contributed by atoms with van der Waals surface area (Å²) in [6, 6.07) is 72.7. The molecule has 0 saturated heterocycles. The van der Waals surface area contributed by atoms with Crippen molar-refractivity contribution in [2.24, 2.45) is 42.3 Å². The Morgan fingerprint density at radius 3 is 1.09 bits per heavy atom. The summed E-state index contributed by atoms with van der Waals surface area (Å²) < 4.78 is 57.5. The van der Waals surface area contributed by atoms with Crippen molar-refractivity contribution >= 4 is 0 Å². The number of benzene rings is 6. The van der Waals surface area contributed by atoms with Gasteiger partial charge in [-0.1, -0.05) is 95.6 Å². The molecule has 6 nitrogen and oxygen atoms in total. The SMILES string of the molecule is Cc1ccc(-c2cccc[n+]2C)c(C)c1.Cc1ccc(C)c(-c2cccc(C)[n+]2C)c1.Cc1cccc(-c2cccc[n+]2C)c1C.Cc1cccc(-c2cccc[n+]2C)c1C.[2H]C([2H])([2H])c1c[n+](C)c(-c2ccccc2C)cc1C.[2H]C([2H])([2H])c1ccc(-c2cccc[n+]2C)c(C)c1. The lowest BCUT2D eigenvalue weighted by molar-refractivity contribution is -0.666. The minimum Gasteiger partial charge on any atom is -0.201 e. The highest BCUT2D eigenvalue weighted by molar-refractivity contribution is 5.66. The first-order valence-corrected chi connectivity index (χ1v) is 31.6. The molecule has 12 rings (SSSR count). The molecule has 6 aromatic heterocycles. The molecule has 0 radical (unpaired) electrons. The van der Waals surface area contributed by atoms with E-state index < -0.39 is 13.7 Å². The number of hydrogen-bond donors (Lipinski definition) is 0. The molecule has 0 bridgehead atoms. The molecule has 6 heterocycles. The number of pyridine rings is 6. The van der Waals surface area contributed by atoms with Gasteiger partial charge in [-0.15, -0.1) is 0 Å². The van der Waals surface area contributed by atoms with Crippen LogP contribution in [0, 0.1) is 96.8 Å². The maximum atomic E-state index is 7.55. The van der Waals surface area contributed by atoms with Crippen molar-refractivity contribution in [3.8, 4) is 67.5 Å². The van der Waals surface area contributed by atoms with E-state index in [2.05, 4.69) is 286 Å². The zero-order valence-electron chi connectivity index (χ0n) is 63.8. The third kappa shape index (κ3) is 18.2. The summed E-state index contributed by atoms with van der Waals surface area (Å²) in [7, 11) is 12.2. The van der Waals surface area contributed by atoms with Crippen LogP contribution in [0.15, 0.2) is 243 Å². The molecular weight excluding hydrogens is 1120 g/mol. The van der Waals surface area contributed by atoms with Gasteiger partial charge in [0.1, 0.15) is 42.3 Å². The van der Waals surface area contributed by atoms with Crippen LogP contribution < -0.4 is 27.4 Å². The van der Waals surface area contributed by atoms with Gasteiger partial charge in [-0.05, 0) is 207 Å². The monoisotopic (exact) mass is 1220 g/mol. The van der Waals surface area contributed by atoms with Gasteiger partial charge in [0.2, 0.25) is 34.2 Å². The molecule has 6 heteroatoms. The molecule has 0 aliphatic heterocycles. The quantitative estimate of drug-likeness (QED) is 0.148. The summed E-state index contributed by atoms with van der Waals surface area (Å²) in [5.41, 5.74) is 30.4. The van der Waals surface area contributed by atoms with Crippen LogP contribution in [-0.2, 0) is 42.3 Å². The number of aryl methyl sites for hydroxylation is 17. The van der Waals surface area contributed by atoms with Crippen molar-refractivity contribution in [1.29, 1.82) is 0 Å². The van der Waals surface area contributed by atoms with Crippen LogP contribution in [0.2, 0.25) is 0 Å². The van der Waals surface area contributed by atoms with Crippen molar-refractivity contribution in [3.05, 3.63) is 321 Å². The number of rotatable bonds is 6. The molecule has 6 aromatic carbocycles. The van der Waals surface area contributed by atoms with Gasteiger partial charge in [-0.3, -0.25) is 0 Å². The van der Waals surface area contributed by atoms with E-state index in [4.69, 9.17) is 8.22 Å². The largest absolute Gasteiger partial charge is 0.212 e. The highest BCUT2D eigenvalue weighted by atomic mass is 14.9. The average Bonchev–Trinajstić information content (AvgIpc) is 0.819. The predicted molar refractivity (Wildman–Crippen MR) is 385 cm³/mol. The van der Waals surface area contributed by atoms with E-state index in [1.807, 2.05) is 91.8 Å². The molecule has 0 saturated carbocycles. The molecule has 0 amide bonds. The first-order valence-electron chi connectivity index (χ1n) is 34.6. The van der Waals surface area contributed by atoms with Gasteiger partial charge in [0, 0.05) is 121 Å². The molecule has 0 atom stereocenters. The summed E-state index contributed by atoms with van der Waals surface area (Å²) in [6.07, 6.45) is 9.93. The van der Waals surface area contributed by atoms with Gasteiger partial charge in [0.25, 0.3) is 0 Å². The van der Waals surface area contributed by atoms with Crippen LogP contribution in [0.4, 0.5) is 0 Å². The van der Waals surface area contributed by atoms with Crippen molar-refractivity contribution in [1.82, 2.24) is 0 Å². The Morgan fingerprint density at radius 2 is 0.620 bits per heavy atom. The molecule has 12 aromatic rings. The molecule has 0 aliphatic carbocycles. The summed E-state index contributed by atoms with van der Waals surface area (Å²) in [5, 5.41) is 0. The Labute approximate surface area is 560 Å². The summed E-state index contributed by atoms with van der Waals surface area (Å²) in [4.78, 5) is 0. The minimum absolute atomic E-state index is 0.391. The van der Waals surface area contributed by atoms with Crippen LogP contribution in [0.3, 0.4) is 0 Å². The molecule has 0 fully saturated rings. The van der Waals surface area contributed by atoms with Crippen molar-refractivity contribution in [2.75, 3.05) is 0 Å². The van der Waals surface area contributed by atoms with Gasteiger partial charge in [-0.2, -0.15) is 4.57 Å². The second kappa shape index (κ2) is 32.8. The Balaban J connectivity index is 0.000000166. The second-order valence-corrected chi connectivity index (χ2v) is 24.2. The van der Waals surface area contributed by atoms with Crippen LogP contribution in [-0.4, -0.2) is 0 Å². The van der Waals surface area contributed by atoms with Crippen molar-refractivity contribution in [2.45, 2.75) is 96.8 Å². The number of hydrogen-bond acceptors (Lipinski definition) is 0.